The predicted octanol–water partition coefficient (Wildman–Crippen LogP) is 3.96. The summed E-state index contributed by atoms with van der Waals surface area (Å²) < 4.78 is 0. The molecule has 0 aliphatic carbocycles. The second kappa shape index (κ2) is 7.66. The van der Waals surface area contributed by atoms with Crippen LogP contribution in [-0.2, 0) is 10.3 Å². The Kier molecular flexibility index (Phi) is 5.34. The van der Waals surface area contributed by atoms with Gasteiger partial charge in [-0.15, -0.1) is 0 Å². The smallest absolute Gasteiger partial charge is 0.220 e. The summed E-state index contributed by atoms with van der Waals surface area (Å²) in [5, 5.41) is 0. The van der Waals surface area contributed by atoms with E-state index in [4.69, 9.17) is 5.73 Å². The number of hydrogen-bond donors (Lipinski definition) is 1. The van der Waals surface area contributed by atoms with E-state index < -0.39 is 5.54 Å². The maximum absolute atomic E-state index is 12.5. The van der Waals surface area contributed by atoms with Gasteiger partial charge in [0.05, 0.1) is 5.54 Å². The summed E-state index contributed by atoms with van der Waals surface area (Å²) in [6.07, 6.45) is 4.89. The molecule has 1 heterocycles. The molecule has 3 heteroatoms. The lowest BCUT2D eigenvalue weighted by Gasteiger charge is -2.46. The number of rotatable bonds is 5. The SMILES string of the molecule is CC(=O)N1CCC(c2ccccc2)=CC1(CCCN)c1ccccc1. The number of hydrogen-bond acceptors (Lipinski definition) is 2. The van der Waals surface area contributed by atoms with Crippen molar-refractivity contribution in [1.82, 2.24) is 4.90 Å². The molecule has 0 bridgehead atoms. The van der Waals surface area contributed by atoms with Crippen molar-refractivity contribution in [3.05, 3.63) is 77.9 Å². The molecule has 1 aliphatic rings. The van der Waals surface area contributed by atoms with Gasteiger partial charge in [-0.05, 0) is 42.5 Å². The highest BCUT2D eigenvalue weighted by atomic mass is 16.2. The van der Waals surface area contributed by atoms with Gasteiger partial charge in [-0.3, -0.25) is 4.79 Å². The van der Waals surface area contributed by atoms with Crippen molar-refractivity contribution in [3.8, 4) is 0 Å². The van der Waals surface area contributed by atoms with Crippen LogP contribution in [0, 0.1) is 0 Å². The lowest BCUT2D eigenvalue weighted by Crippen LogP contribution is -2.50. The fourth-order valence-electron chi connectivity index (χ4n) is 3.88. The highest BCUT2D eigenvalue weighted by molar-refractivity contribution is 5.78. The van der Waals surface area contributed by atoms with Gasteiger partial charge in [-0.25, -0.2) is 0 Å². The minimum Gasteiger partial charge on any atom is -0.330 e. The minimum atomic E-state index is -0.421. The first-order valence-electron chi connectivity index (χ1n) is 8.98. The van der Waals surface area contributed by atoms with Crippen LogP contribution in [-0.4, -0.2) is 23.9 Å². The molecular weight excluding hydrogens is 308 g/mol. The normalized spacial score (nSPS) is 20.2. The monoisotopic (exact) mass is 334 g/mol. The van der Waals surface area contributed by atoms with Gasteiger partial charge in [0, 0.05) is 13.5 Å². The third-order valence-corrected chi connectivity index (χ3v) is 5.06. The van der Waals surface area contributed by atoms with Gasteiger partial charge >= 0.3 is 0 Å². The van der Waals surface area contributed by atoms with Gasteiger partial charge in [0.1, 0.15) is 0 Å². The molecule has 1 unspecified atom stereocenters. The molecule has 1 atom stereocenters. The Bertz CT molecular complexity index is 739. The lowest BCUT2D eigenvalue weighted by atomic mass is 9.77. The first-order chi connectivity index (χ1) is 12.2. The van der Waals surface area contributed by atoms with E-state index in [0.717, 1.165) is 31.4 Å². The van der Waals surface area contributed by atoms with Gasteiger partial charge in [-0.2, -0.15) is 0 Å². The Balaban J connectivity index is 2.15. The van der Waals surface area contributed by atoms with Crippen LogP contribution < -0.4 is 5.73 Å². The van der Waals surface area contributed by atoms with Crippen LogP contribution in [0.5, 0.6) is 0 Å². The largest absolute Gasteiger partial charge is 0.330 e. The van der Waals surface area contributed by atoms with Crippen LogP contribution >= 0.6 is 0 Å². The van der Waals surface area contributed by atoms with Gasteiger partial charge in [0.2, 0.25) is 5.91 Å². The van der Waals surface area contributed by atoms with Crippen molar-refractivity contribution in [3.63, 3.8) is 0 Å². The summed E-state index contributed by atoms with van der Waals surface area (Å²) in [5.74, 6) is 0.115. The van der Waals surface area contributed by atoms with Gasteiger partial charge in [0.15, 0.2) is 0 Å². The second-order valence-electron chi connectivity index (χ2n) is 6.64. The predicted molar refractivity (Wildman–Crippen MR) is 103 cm³/mol. The van der Waals surface area contributed by atoms with Crippen molar-refractivity contribution in [2.45, 2.75) is 31.7 Å². The van der Waals surface area contributed by atoms with Crippen LogP contribution in [0.2, 0.25) is 0 Å². The first-order valence-corrected chi connectivity index (χ1v) is 8.98. The number of amides is 1. The van der Waals surface area contributed by atoms with Gasteiger partial charge in [-0.1, -0.05) is 66.7 Å². The summed E-state index contributed by atoms with van der Waals surface area (Å²) in [5.41, 5.74) is 9.10. The third-order valence-electron chi connectivity index (χ3n) is 5.06. The summed E-state index contributed by atoms with van der Waals surface area (Å²) in [6.45, 7) is 3.02. The molecule has 0 radical (unpaired) electrons. The highest BCUT2D eigenvalue weighted by Gasteiger charge is 2.40. The highest BCUT2D eigenvalue weighted by Crippen LogP contribution is 2.42. The second-order valence-corrected chi connectivity index (χ2v) is 6.64. The molecule has 2 aromatic carbocycles. The molecule has 0 saturated carbocycles. The van der Waals surface area contributed by atoms with Crippen LogP contribution in [0.25, 0.3) is 5.57 Å². The zero-order valence-corrected chi connectivity index (χ0v) is 14.8. The Morgan fingerprint density at radius 1 is 1.08 bits per heavy atom. The number of nitrogens with two attached hydrogens (primary N) is 1. The zero-order valence-electron chi connectivity index (χ0n) is 14.8. The van der Waals surface area contributed by atoms with Gasteiger partial charge < -0.3 is 10.6 Å². The Hall–Kier alpha value is -2.39. The average molecular weight is 334 g/mol. The Morgan fingerprint density at radius 2 is 1.72 bits per heavy atom. The van der Waals surface area contributed by atoms with E-state index >= 15 is 0 Å². The molecule has 130 valence electrons. The van der Waals surface area contributed by atoms with Crippen molar-refractivity contribution in [1.29, 1.82) is 0 Å². The fourth-order valence-corrected chi connectivity index (χ4v) is 3.88. The number of carbonyl (C=O) groups is 1. The molecule has 2 aromatic rings. The molecule has 0 saturated heterocycles. The molecule has 3 rings (SSSR count). The number of nitrogens with zero attached hydrogens (tertiary/aromatic N) is 1. The van der Waals surface area contributed by atoms with E-state index in [1.165, 1.54) is 11.1 Å². The lowest BCUT2D eigenvalue weighted by molar-refractivity contribution is -0.134. The first kappa shape index (κ1) is 17.4. The van der Waals surface area contributed by atoms with Crippen LogP contribution in [0.4, 0.5) is 0 Å². The molecule has 25 heavy (non-hydrogen) atoms. The standard InChI is InChI=1S/C22H26N2O/c1-18(25)24-16-13-20(19-9-4-2-5-10-19)17-22(24,14-8-15-23)21-11-6-3-7-12-21/h2-7,9-12,17H,8,13-16,23H2,1H3. The van der Waals surface area contributed by atoms with E-state index in [9.17, 15) is 4.79 Å². The van der Waals surface area contributed by atoms with Gasteiger partial charge in [0.25, 0.3) is 0 Å². The molecule has 1 amide bonds. The maximum Gasteiger partial charge on any atom is 0.220 e. The summed E-state index contributed by atoms with van der Waals surface area (Å²) in [4.78, 5) is 14.5. The van der Waals surface area contributed by atoms with Crippen LogP contribution in [0.15, 0.2) is 66.7 Å². The van der Waals surface area contributed by atoms with Crippen LogP contribution in [0.1, 0.15) is 37.3 Å². The van der Waals surface area contributed by atoms with E-state index in [1.54, 1.807) is 6.92 Å². The minimum absolute atomic E-state index is 0.115. The topological polar surface area (TPSA) is 46.3 Å². The van der Waals surface area contributed by atoms with Crippen molar-refractivity contribution in [2.75, 3.05) is 13.1 Å². The molecular formula is C22H26N2O. The third kappa shape index (κ3) is 3.52. The molecule has 0 fully saturated rings. The van der Waals surface area contributed by atoms with Crippen molar-refractivity contribution >= 4 is 11.5 Å². The van der Waals surface area contributed by atoms with E-state index in [0.29, 0.717) is 6.54 Å². The molecule has 1 aliphatic heterocycles. The Morgan fingerprint density at radius 3 is 2.32 bits per heavy atom. The molecule has 3 nitrogen and oxygen atoms in total. The van der Waals surface area contributed by atoms with Crippen molar-refractivity contribution < 1.29 is 4.79 Å². The molecule has 0 aromatic heterocycles. The van der Waals surface area contributed by atoms with E-state index in [-0.39, 0.29) is 5.91 Å². The number of carbonyl (C=O) groups excluding carboxylic acids is 1. The Labute approximate surface area is 150 Å². The zero-order chi connectivity index (χ0) is 17.7. The quantitative estimate of drug-likeness (QED) is 0.900. The van der Waals surface area contributed by atoms with E-state index in [1.807, 2.05) is 29.2 Å². The summed E-state index contributed by atoms with van der Waals surface area (Å²) in [6, 6.07) is 20.8. The average Bonchev–Trinajstić information content (AvgIpc) is 2.67. The fraction of sp³-hybridized carbons (Fsp3) is 0.318. The molecule has 0 spiro atoms. The number of benzene rings is 2. The maximum atomic E-state index is 12.5. The van der Waals surface area contributed by atoms with E-state index in [2.05, 4.69) is 42.5 Å². The van der Waals surface area contributed by atoms with Crippen LogP contribution in [0.3, 0.4) is 0 Å². The molecule has 2 N–H and O–H groups in total. The summed E-state index contributed by atoms with van der Waals surface area (Å²) >= 11 is 0. The summed E-state index contributed by atoms with van der Waals surface area (Å²) in [7, 11) is 0. The van der Waals surface area contributed by atoms with Crippen molar-refractivity contribution in [2.24, 2.45) is 5.73 Å².